The van der Waals surface area contributed by atoms with Crippen LogP contribution in [-0.4, -0.2) is 24.9 Å². The van der Waals surface area contributed by atoms with Crippen LogP contribution in [0.15, 0.2) is 24.3 Å². The van der Waals surface area contributed by atoms with Crippen molar-refractivity contribution in [1.29, 1.82) is 0 Å². The van der Waals surface area contributed by atoms with E-state index in [4.69, 9.17) is 0 Å². The minimum atomic E-state index is -0.462. The van der Waals surface area contributed by atoms with Crippen molar-refractivity contribution in [2.75, 3.05) is 23.7 Å². The summed E-state index contributed by atoms with van der Waals surface area (Å²) in [4.78, 5) is 24.3. The second-order valence-corrected chi connectivity index (χ2v) is 10.6. The first-order valence-electron chi connectivity index (χ1n) is 13.7. The van der Waals surface area contributed by atoms with E-state index in [0.29, 0.717) is 17.9 Å². The molecule has 34 heavy (non-hydrogen) atoms. The van der Waals surface area contributed by atoms with Crippen LogP contribution in [0.3, 0.4) is 0 Å². The molecule has 0 aliphatic heterocycles. The quantitative estimate of drug-likeness (QED) is 0.180. The van der Waals surface area contributed by atoms with Crippen LogP contribution in [-0.2, 0) is 9.59 Å². The molecule has 0 heterocycles. The molecule has 5 heteroatoms. The van der Waals surface area contributed by atoms with Gasteiger partial charge in [-0.1, -0.05) is 117 Å². The summed E-state index contributed by atoms with van der Waals surface area (Å²) in [6, 6.07) is 7.27. The minimum Gasteiger partial charge on any atom is -0.326 e. The minimum absolute atomic E-state index is 0.0502. The zero-order valence-electron chi connectivity index (χ0n) is 22.4. The molecule has 3 N–H and O–H groups in total. The summed E-state index contributed by atoms with van der Waals surface area (Å²) in [5.74, 6) is -0.115. The zero-order valence-corrected chi connectivity index (χ0v) is 22.4. The van der Waals surface area contributed by atoms with E-state index in [1.165, 1.54) is 83.5 Å². The summed E-state index contributed by atoms with van der Waals surface area (Å²) in [6.07, 6.45) is 18.9. The number of benzene rings is 1. The molecule has 0 aliphatic carbocycles. The Morgan fingerprint density at radius 1 is 0.706 bits per heavy atom. The number of rotatable bonds is 19. The largest absolute Gasteiger partial charge is 0.326 e. The van der Waals surface area contributed by atoms with Gasteiger partial charge in [0.2, 0.25) is 11.8 Å². The Kier molecular flexibility index (Phi) is 16.4. The van der Waals surface area contributed by atoms with Crippen molar-refractivity contribution in [3.8, 4) is 0 Å². The monoisotopic (exact) mass is 473 g/mol. The smallest absolute Gasteiger partial charge is 0.238 e. The SMILES string of the molecule is CCCCCCCCCCCCCCCCNCC(=O)Nc1cccc(NC(=O)C(C)(C)C)c1. The number of carbonyl (C=O) groups is 2. The van der Waals surface area contributed by atoms with Gasteiger partial charge in [-0.05, 0) is 31.2 Å². The maximum atomic E-state index is 12.2. The van der Waals surface area contributed by atoms with E-state index in [2.05, 4.69) is 22.9 Å². The number of unbranched alkanes of at least 4 members (excludes halogenated alkanes) is 13. The summed E-state index contributed by atoms with van der Waals surface area (Å²) < 4.78 is 0. The number of hydrogen-bond donors (Lipinski definition) is 3. The molecule has 1 aromatic rings. The van der Waals surface area contributed by atoms with Crippen molar-refractivity contribution in [3.05, 3.63) is 24.3 Å². The topological polar surface area (TPSA) is 70.2 Å². The normalized spacial score (nSPS) is 11.4. The summed E-state index contributed by atoms with van der Waals surface area (Å²) in [7, 11) is 0. The van der Waals surface area contributed by atoms with Gasteiger partial charge >= 0.3 is 0 Å². The Bertz CT molecular complexity index is 682. The maximum Gasteiger partial charge on any atom is 0.238 e. The Labute approximate surface area is 209 Å². The van der Waals surface area contributed by atoms with Gasteiger partial charge in [-0.25, -0.2) is 0 Å². The van der Waals surface area contributed by atoms with E-state index in [1.807, 2.05) is 39.0 Å². The lowest BCUT2D eigenvalue weighted by Crippen LogP contribution is -2.29. The molecular weight excluding hydrogens is 422 g/mol. The van der Waals surface area contributed by atoms with Gasteiger partial charge in [0.15, 0.2) is 0 Å². The van der Waals surface area contributed by atoms with Crippen LogP contribution in [0.2, 0.25) is 0 Å². The molecule has 194 valence electrons. The van der Waals surface area contributed by atoms with Crippen LogP contribution >= 0.6 is 0 Å². The number of hydrogen-bond acceptors (Lipinski definition) is 3. The Morgan fingerprint density at radius 2 is 1.18 bits per heavy atom. The molecule has 0 radical (unpaired) electrons. The van der Waals surface area contributed by atoms with Gasteiger partial charge < -0.3 is 16.0 Å². The molecule has 2 amide bonds. The van der Waals surface area contributed by atoms with E-state index < -0.39 is 5.41 Å². The highest BCUT2D eigenvalue weighted by Gasteiger charge is 2.21. The first-order valence-corrected chi connectivity index (χ1v) is 13.7. The van der Waals surface area contributed by atoms with E-state index in [1.54, 1.807) is 6.07 Å². The third-order valence-electron chi connectivity index (χ3n) is 6.08. The van der Waals surface area contributed by atoms with Crippen LogP contribution in [0.4, 0.5) is 11.4 Å². The van der Waals surface area contributed by atoms with Crippen molar-refractivity contribution in [3.63, 3.8) is 0 Å². The molecule has 1 aromatic carbocycles. The van der Waals surface area contributed by atoms with Gasteiger partial charge in [-0.3, -0.25) is 9.59 Å². The molecule has 0 spiro atoms. The van der Waals surface area contributed by atoms with Crippen LogP contribution in [0, 0.1) is 5.41 Å². The number of carbonyl (C=O) groups excluding carboxylic acids is 2. The van der Waals surface area contributed by atoms with Crippen molar-refractivity contribution < 1.29 is 9.59 Å². The standard InChI is InChI=1S/C29H51N3O2/c1-5-6-7-8-9-10-11-12-13-14-15-16-17-18-22-30-24-27(33)31-25-20-19-21-26(23-25)32-28(34)29(2,3)4/h19-21,23,30H,5-18,22,24H2,1-4H3,(H,31,33)(H,32,34). The van der Waals surface area contributed by atoms with E-state index in [9.17, 15) is 9.59 Å². The van der Waals surface area contributed by atoms with E-state index in [-0.39, 0.29) is 11.8 Å². The summed E-state index contributed by atoms with van der Waals surface area (Å²) >= 11 is 0. The van der Waals surface area contributed by atoms with Crippen molar-refractivity contribution in [2.45, 2.75) is 118 Å². The highest BCUT2D eigenvalue weighted by Crippen LogP contribution is 2.20. The van der Waals surface area contributed by atoms with Crippen LogP contribution in [0.25, 0.3) is 0 Å². The summed E-state index contributed by atoms with van der Waals surface area (Å²) in [6.45, 7) is 9.06. The predicted octanol–water partition coefficient (Wildman–Crippen LogP) is 7.68. The highest BCUT2D eigenvalue weighted by atomic mass is 16.2. The summed E-state index contributed by atoms with van der Waals surface area (Å²) in [5, 5.41) is 9.02. The molecule has 0 bridgehead atoms. The average Bonchev–Trinajstić information content (AvgIpc) is 2.78. The first-order chi connectivity index (χ1) is 16.3. The lowest BCUT2D eigenvalue weighted by Gasteiger charge is -2.18. The van der Waals surface area contributed by atoms with E-state index >= 15 is 0 Å². The Balaban J connectivity index is 1.99. The third kappa shape index (κ3) is 15.9. The van der Waals surface area contributed by atoms with Crippen LogP contribution < -0.4 is 16.0 Å². The molecule has 0 atom stereocenters. The van der Waals surface area contributed by atoms with Crippen molar-refractivity contribution in [1.82, 2.24) is 5.32 Å². The van der Waals surface area contributed by atoms with Gasteiger partial charge in [0.25, 0.3) is 0 Å². The fourth-order valence-electron chi connectivity index (χ4n) is 3.84. The molecule has 0 saturated heterocycles. The molecule has 1 rings (SSSR count). The molecule has 0 saturated carbocycles. The first kappa shape index (κ1) is 30.2. The van der Waals surface area contributed by atoms with Crippen LogP contribution in [0.1, 0.15) is 118 Å². The van der Waals surface area contributed by atoms with Crippen molar-refractivity contribution >= 4 is 23.2 Å². The Morgan fingerprint density at radius 3 is 1.68 bits per heavy atom. The third-order valence-corrected chi connectivity index (χ3v) is 6.08. The van der Waals surface area contributed by atoms with Gasteiger partial charge in [-0.2, -0.15) is 0 Å². The molecular formula is C29H51N3O2. The van der Waals surface area contributed by atoms with Gasteiger partial charge in [0, 0.05) is 16.8 Å². The van der Waals surface area contributed by atoms with Gasteiger partial charge in [0.1, 0.15) is 0 Å². The number of anilines is 2. The number of nitrogens with one attached hydrogen (secondary N) is 3. The van der Waals surface area contributed by atoms with E-state index in [0.717, 1.165) is 13.0 Å². The number of amides is 2. The fraction of sp³-hybridized carbons (Fsp3) is 0.724. The molecule has 5 nitrogen and oxygen atoms in total. The molecule has 0 unspecified atom stereocenters. The fourth-order valence-corrected chi connectivity index (χ4v) is 3.84. The van der Waals surface area contributed by atoms with Gasteiger partial charge in [0.05, 0.1) is 6.54 Å². The van der Waals surface area contributed by atoms with Crippen molar-refractivity contribution in [2.24, 2.45) is 5.41 Å². The second-order valence-electron chi connectivity index (χ2n) is 10.6. The van der Waals surface area contributed by atoms with Crippen LogP contribution in [0.5, 0.6) is 0 Å². The Hall–Kier alpha value is -1.88. The average molecular weight is 474 g/mol. The molecule has 0 fully saturated rings. The zero-order chi connectivity index (χ0) is 25.1. The molecule has 0 aromatic heterocycles. The lowest BCUT2D eigenvalue weighted by molar-refractivity contribution is -0.123. The maximum absolute atomic E-state index is 12.2. The lowest BCUT2D eigenvalue weighted by atomic mass is 9.95. The highest BCUT2D eigenvalue weighted by molar-refractivity contribution is 5.96. The molecule has 0 aliphatic rings. The predicted molar refractivity (Wildman–Crippen MR) is 146 cm³/mol. The second kappa shape index (κ2) is 18.4. The summed E-state index contributed by atoms with van der Waals surface area (Å²) in [5.41, 5.74) is 0.916. The van der Waals surface area contributed by atoms with Gasteiger partial charge in [-0.15, -0.1) is 0 Å².